The maximum atomic E-state index is 4.73. The minimum atomic E-state index is 0.731. The third-order valence-corrected chi connectivity index (χ3v) is 4.59. The van der Waals surface area contributed by atoms with Crippen LogP contribution in [0.15, 0.2) is 34.1 Å². The molecule has 1 aliphatic carbocycles. The number of hydrogen-bond acceptors (Lipinski definition) is 2. The summed E-state index contributed by atoms with van der Waals surface area (Å²) in [6.45, 7) is 2.30. The third-order valence-electron chi connectivity index (χ3n) is 3.09. The van der Waals surface area contributed by atoms with E-state index in [-0.39, 0.29) is 0 Å². The lowest BCUT2D eigenvalue weighted by Crippen LogP contribution is -1.81. The maximum absolute atomic E-state index is 4.73. The molecule has 0 saturated heterocycles. The fourth-order valence-corrected chi connectivity index (χ4v) is 3.22. The highest BCUT2D eigenvalue weighted by Crippen LogP contribution is 2.48. The number of halogens is 1. The van der Waals surface area contributed by atoms with E-state index in [9.17, 15) is 0 Å². The van der Waals surface area contributed by atoms with Crippen LogP contribution in [0.25, 0.3) is 11.3 Å². The fourth-order valence-electron chi connectivity index (χ4n) is 1.88. The third kappa shape index (κ3) is 1.94. The molecule has 1 heterocycles. The van der Waals surface area contributed by atoms with Gasteiger partial charge in [-0.15, -0.1) is 11.3 Å². The van der Waals surface area contributed by atoms with Crippen molar-refractivity contribution in [2.45, 2.75) is 19.3 Å². The van der Waals surface area contributed by atoms with Gasteiger partial charge in [0.2, 0.25) is 0 Å². The minimum Gasteiger partial charge on any atom is -0.241 e. The van der Waals surface area contributed by atoms with Crippen molar-refractivity contribution < 1.29 is 0 Å². The zero-order chi connectivity index (χ0) is 11.1. The number of aromatic nitrogens is 1. The van der Waals surface area contributed by atoms with Crippen molar-refractivity contribution in [1.82, 2.24) is 4.98 Å². The first-order valence-electron chi connectivity index (χ1n) is 5.45. The SMILES string of the molecule is CC1CC1c1nc(-c2ccc(Br)cc2)cs1. The molecule has 0 spiro atoms. The van der Waals surface area contributed by atoms with Crippen molar-refractivity contribution in [1.29, 1.82) is 0 Å². The van der Waals surface area contributed by atoms with Gasteiger partial charge < -0.3 is 0 Å². The van der Waals surface area contributed by atoms with E-state index in [1.807, 2.05) is 0 Å². The summed E-state index contributed by atoms with van der Waals surface area (Å²) in [5, 5.41) is 3.48. The van der Waals surface area contributed by atoms with Crippen LogP contribution in [0.2, 0.25) is 0 Å². The van der Waals surface area contributed by atoms with Gasteiger partial charge in [0.1, 0.15) is 0 Å². The molecule has 0 radical (unpaired) electrons. The van der Waals surface area contributed by atoms with E-state index in [1.54, 1.807) is 11.3 Å². The highest BCUT2D eigenvalue weighted by molar-refractivity contribution is 9.10. The van der Waals surface area contributed by atoms with E-state index in [0.29, 0.717) is 0 Å². The maximum Gasteiger partial charge on any atom is 0.0966 e. The van der Waals surface area contributed by atoms with Crippen LogP contribution in [0.4, 0.5) is 0 Å². The molecule has 1 aromatic heterocycles. The van der Waals surface area contributed by atoms with Gasteiger partial charge in [0.15, 0.2) is 0 Å². The molecule has 1 fully saturated rings. The van der Waals surface area contributed by atoms with Gasteiger partial charge in [0, 0.05) is 21.3 Å². The Balaban J connectivity index is 1.89. The summed E-state index contributed by atoms with van der Waals surface area (Å²) < 4.78 is 1.11. The van der Waals surface area contributed by atoms with E-state index in [4.69, 9.17) is 4.98 Å². The van der Waals surface area contributed by atoms with Gasteiger partial charge in [-0.3, -0.25) is 0 Å². The standard InChI is InChI=1S/C13H12BrNS/c1-8-6-11(8)13-15-12(7-16-13)9-2-4-10(14)5-3-9/h2-5,7-8,11H,6H2,1H3. The minimum absolute atomic E-state index is 0.731. The second kappa shape index (κ2) is 3.97. The molecule has 2 aromatic rings. The summed E-state index contributed by atoms with van der Waals surface area (Å²) in [5.41, 5.74) is 2.32. The van der Waals surface area contributed by atoms with Crippen molar-refractivity contribution in [3.63, 3.8) is 0 Å². The molecule has 3 rings (SSSR count). The Morgan fingerprint density at radius 2 is 2.00 bits per heavy atom. The van der Waals surface area contributed by atoms with Gasteiger partial charge >= 0.3 is 0 Å². The summed E-state index contributed by atoms with van der Waals surface area (Å²) in [7, 11) is 0. The molecular formula is C13H12BrNS. The zero-order valence-corrected chi connectivity index (χ0v) is 11.4. The largest absolute Gasteiger partial charge is 0.241 e. The van der Waals surface area contributed by atoms with Crippen LogP contribution >= 0.6 is 27.3 Å². The molecule has 82 valence electrons. The molecule has 3 heteroatoms. The average molecular weight is 294 g/mol. The molecule has 16 heavy (non-hydrogen) atoms. The van der Waals surface area contributed by atoms with Crippen LogP contribution in [0.5, 0.6) is 0 Å². The van der Waals surface area contributed by atoms with E-state index >= 15 is 0 Å². The number of hydrogen-bond donors (Lipinski definition) is 0. The second-order valence-corrected chi connectivity index (χ2v) is 6.20. The number of nitrogens with zero attached hydrogens (tertiary/aromatic N) is 1. The second-order valence-electron chi connectivity index (χ2n) is 4.40. The van der Waals surface area contributed by atoms with Crippen molar-refractivity contribution in [3.05, 3.63) is 39.1 Å². The summed E-state index contributed by atoms with van der Waals surface area (Å²) in [4.78, 5) is 4.73. The predicted octanol–water partition coefficient (Wildman–Crippen LogP) is 4.70. The molecule has 1 nitrogen and oxygen atoms in total. The van der Waals surface area contributed by atoms with Gasteiger partial charge in [0.05, 0.1) is 10.7 Å². The van der Waals surface area contributed by atoms with Crippen LogP contribution in [-0.2, 0) is 0 Å². The first-order chi connectivity index (χ1) is 7.74. The Morgan fingerprint density at radius 3 is 2.62 bits per heavy atom. The van der Waals surface area contributed by atoms with Crippen LogP contribution < -0.4 is 0 Å². The van der Waals surface area contributed by atoms with Gasteiger partial charge in [-0.1, -0.05) is 35.0 Å². The summed E-state index contributed by atoms with van der Waals surface area (Å²) in [6, 6.07) is 8.35. The van der Waals surface area contributed by atoms with Crippen LogP contribution in [0, 0.1) is 5.92 Å². The van der Waals surface area contributed by atoms with E-state index in [2.05, 4.69) is 52.5 Å². The molecular weight excluding hydrogens is 282 g/mol. The number of thiazole rings is 1. The van der Waals surface area contributed by atoms with Crippen molar-refractivity contribution in [2.75, 3.05) is 0 Å². The first-order valence-corrected chi connectivity index (χ1v) is 7.12. The predicted molar refractivity (Wildman–Crippen MR) is 71.8 cm³/mol. The molecule has 1 saturated carbocycles. The quantitative estimate of drug-likeness (QED) is 0.782. The molecule has 0 amide bonds. The first kappa shape index (κ1) is 10.5. The van der Waals surface area contributed by atoms with Crippen LogP contribution in [-0.4, -0.2) is 4.98 Å². The zero-order valence-electron chi connectivity index (χ0n) is 8.98. The lowest BCUT2D eigenvalue weighted by atomic mass is 10.2. The van der Waals surface area contributed by atoms with Gasteiger partial charge in [-0.05, 0) is 24.5 Å². The molecule has 2 atom stereocenters. The smallest absolute Gasteiger partial charge is 0.0966 e. The van der Waals surface area contributed by atoms with Crippen molar-refractivity contribution in [2.24, 2.45) is 5.92 Å². The molecule has 0 bridgehead atoms. The highest BCUT2D eigenvalue weighted by atomic mass is 79.9. The lowest BCUT2D eigenvalue weighted by molar-refractivity contribution is 0.906. The average Bonchev–Trinajstić information content (AvgIpc) is 2.82. The Morgan fingerprint density at radius 1 is 1.31 bits per heavy atom. The molecule has 1 aromatic carbocycles. The molecule has 2 unspecified atom stereocenters. The van der Waals surface area contributed by atoms with E-state index in [0.717, 1.165) is 22.0 Å². The topological polar surface area (TPSA) is 12.9 Å². The monoisotopic (exact) mass is 293 g/mol. The van der Waals surface area contributed by atoms with Gasteiger partial charge in [-0.2, -0.15) is 0 Å². The highest BCUT2D eigenvalue weighted by Gasteiger charge is 2.36. The fraction of sp³-hybridized carbons (Fsp3) is 0.308. The summed E-state index contributed by atoms with van der Waals surface area (Å²) in [5.74, 6) is 1.57. The Labute approximate surface area is 108 Å². The number of rotatable bonds is 2. The van der Waals surface area contributed by atoms with Crippen LogP contribution in [0.3, 0.4) is 0 Å². The Hall–Kier alpha value is -0.670. The van der Waals surface area contributed by atoms with E-state index in [1.165, 1.54) is 17.0 Å². The number of benzene rings is 1. The summed E-state index contributed by atoms with van der Waals surface area (Å²) in [6.07, 6.45) is 1.31. The van der Waals surface area contributed by atoms with Gasteiger partial charge in [0.25, 0.3) is 0 Å². The van der Waals surface area contributed by atoms with Crippen LogP contribution in [0.1, 0.15) is 24.3 Å². The van der Waals surface area contributed by atoms with Gasteiger partial charge in [-0.25, -0.2) is 4.98 Å². The Bertz CT molecular complexity index is 503. The normalized spacial score (nSPS) is 23.4. The molecule has 1 aliphatic rings. The summed E-state index contributed by atoms with van der Waals surface area (Å²) >= 11 is 5.25. The van der Waals surface area contributed by atoms with E-state index < -0.39 is 0 Å². The van der Waals surface area contributed by atoms with Crippen molar-refractivity contribution in [3.8, 4) is 11.3 Å². The lowest BCUT2D eigenvalue weighted by Gasteiger charge is -1.96. The Kier molecular flexibility index (Phi) is 2.60. The molecule has 0 aliphatic heterocycles. The van der Waals surface area contributed by atoms with Crippen molar-refractivity contribution >= 4 is 27.3 Å². The molecule has 0 N–H and O–H groups in total.